The quantitative estimate of drug-likeness (QED) is 0.469. The van der Waals surface area contributed by atoms with Crippen LogP contribution in [0.25, 0.3) is 0 Å². The van der Waals surface area contributed by atoms with Gasteiger partial charge in [0.2, 0.25) is 0 Å². The van der Waals surface area contributed by atoms with E-state index in [-0.39, 0.29) is 17.0 Å². The molecule has 3 rings (SSSR count). The predicted molar refractivity (Wildman–Crippen MR) is 109 cm³/mol. The summed E-state index contributed by atoms with van der Waals surface area (Å²) in [6.07, 6.45) is 6.55. The standard InChI is InChI=1S/C21H18P.BrH/c1-2-18-22(19-12-6-3-7-13-19,20-14-8-4-9-15-20)21-16-10-5-11-17-21;/h1,3-17H,18H2;1H/q+1;. The Labute approximate surface area is 149 Å². The second-order valence-corrected chi connectivity index (χ2v) is 8.66. The maximum atomic E-state index is 5.80. The average Bonchev–Trinajstić information content (AvgIpc) is 2.62. The summed E-state index contributed by atoms with van der Waals surface area (Å²) >= 11 is 0. The van der Waals surface area contributed by atoms with Gasteiger partial charge in [0.1, 0.15) is 29.3 Å². The van der Waals surface area contributed by atoms with Crippen molar-refractivity contribution in [3.63, 3.8) is 0 Å². The van der Waals surface area contributed by atoms with E-state index in [1.807, 2.05) is 0 Å². The van der Waals surface area contributed by atoms with Crippen LogP contribution in [-0.4, -0.2) is 6.16 Å². The van der Waals surface area contributed by atoms with Crippen molar-refractivity contribution in [2.75, 3.05) is 6.16 Å². The molecule has 0 fully saturated rings. The molecule has 0 aromatic heterocycles. The first kappa shape index (κ1) is 17.5. The van der Waals surface area contributed by atoms with Crippen LogP contribution in [0.2, 0.25) is 0 Å². The molecule has 0 radical (unpaired) electrons. The molecule has 0 amide bonds. The summed E-state index contributed by atoms with van der Waals surface area (Å²) in [4.78, 5) is 0. The molecule has 0 N–H and O–H groups in total. The SMILES string of the molecule is Br.C#CC[P+](c1ccccc1)(c1ccccc1)c1ccccc1. The number of hydrogen-bond donors (Lipinski definition) is 0. The second-order valence-electron chi connectivity index (χ2n) is 5.18. The fourth-order valence-corrected chi connectivity index (χ4v) is 6.66. The third kappa shape index (κ3) is 3.40. The van der Waals surface area contributed by atoms with Gasteiger partial charge in [0.15, 0.2) is 0 Å². The maximum absolute atomic E-state index is 5.80. The van der Waals surface area contributed by atoms with Crippen LogP contribution in [0.4, 0.5) is 0 Å². The lowest BCUT2D eigenvalue weighted by atomic mass is 10.4. The highest BCUT2D eigenvalue weighted by Crippen LogP contribution is 2.54. The highest BCUT2D eigenvalue weighted by Gasteiger charge is 2.44. The van der Waals surface area contributed by atoms with Gasteiger partial charge in [-0.05, 0) is 36.4 Å². The van der Waals surface area contributed by atoms with Crippen LogP contribution in [0.5, 0.6) is 0 Å². The van der Waals surface area contributed by atoms with Crippen molar-refractivity contribution in [1.82, 2.24) is 0 Å². The molecule has 2 heteroatoms. The first-order chi connectivity index (χ1) is 10.9. The van der Waals surface area contributed by atoms with Gasteiger partial charge in [-0.2, -0.15) is 0 Å². The summed E-state index contributed by atoms with van der Waals surface area (Å²) in [5.74, 6) is 2.95. The predicted octanol–water partition coefficient (Wildman–Crippen LogP) is 4.19. The molecule has 114 valence electrons. The van der Waals surface area contributed by atoms with E-state index in [4.69, 9.17) is 6.42 Å². The Morgan fingerprint density at radius 1 is 0.609 bits per heavy atom. The zero-order valence-electron chi connectivity index (χ0n) is 12.8. The third-order valence-corrected chi connectivity index (χ3v) is 8.12. The Morgan fingerprint density at radius 3 is 1.17 bits per heavy atom. The zero-order valence-corrected chi connectivity index (χ0v) is 15.4. The lowest BCUT2D eigenvalue weighted by molar-refractivity contribution is 1.69. The molecule has 0 heterocycles. The number of hydrogen-bond acceptors (Lipinski definition) is 0. The Hall–Kier alpha value is -1.87. The highest BCUT2D eigenvalue weighted by atomic mass is 79.9. The summed E-state index contributed by atoms with van der Waals surface area (Å²) in [7, 11) is -1.79. The van der Waals surface area contributed by atoms with Gasteiger partial charge in [-0.25, -0.2) is 0 Å². The molecule has 0 spiro atoms. The van der Waals surface area contributed by atoms with E-state index >= 15 is 0 Å². The molecule has 0 aliphatic rings. The molecule has 0 aliphatic heterocycles. The van der Waals surface area contributed by atoms with Gasteiger partial charge in [-0.3, -0.25) is 0 Å². The van der Waals surface area contributed by atoms with Crippen LogP contribution in [0.3, 0.4) is 0 Å². The Morgan fingerprint density at radius 2 is 0.913 bits per heavy atom. The maximum Gasteiger partial charge on any atom is 0.133 e. The summed E-state index contributed by atoms with van der Waals surface area (Å²) in [6.45, 7) is 0. The first-order valence-electron chi connectivity index (χ1n) is 7.36. The van der Waals surface area contributed by atoms with Gasteiger partial charge in [-0.1, -0.05) is 60.5 Å². The fourth-order valence-electron chi connectivity index (χ4n) is 2.91. The lowest BCUT2D eigenvalue weighted by Gasteiger charge is -2.25. The van der Waals surface area contributed by atoms with Crippen molar-refractivity contribution >= 4 is 40.2 Å². The van der Waals surface area contributed by atoms with E-state index in [1.165, 1.54) is 15.9 Å². The van der Waals surface area contributed by atoms with E-state index < -0.39 is 7.26 Å². The summed E-state index contributed by atoms with van der Waals surface area (Å²) in [5.41, 5.74) is 0. The zero-order chi connectivity index (χ0) is 15.3. The minimum atomic E-state index is -1.79. The molecule has 3 aromatic rings. The Balaban J connectivity index is 0.00000192. The average molecular weight is 382 g/mol. The number of benzene rings is 3. The van der Waals surface area contributed by atoms with Gasteiger partial charge in [0.05, 0.1) is 0 Å². The van der Waals surface area contributed by atoms with Crippen molar-refractivity contribution in [2.45, 2.75) is 0 Å². The Bertz CT molecular complexity index is 665. The first-order valence-corrected chi connectivity index (χ1v) is 9.34. The van der Waals surface area contributed by atoms with Crippen molar-refractivity contribution < 1.29 is 0 Å². The smallest absolute Gasteiger partial charge is 0.116 e. The topological polar surface area (TPSA) is 0 Å². The molecule has 23 heavy (non-hydrogen) atoms. The van der Waals surface area contributed by atoms with Crippen LogP contribution in [0.15, 0.2) is 91.0 Å². The molecule has 0 nitrogen and oxygen atoms in total. The number of halogens is 1. The monoisotopic (exact) mass is 381 g/mol. The van der Waals surface area contributed by atoms with E-state index in [0.717, 1.165) is 6.16 Å². The van der Waals surface area contributed by atoms with Gasteiger partial charge < -0.3 is 0 Å². The minimum absolute atomic E-state index is 0. The van der Waals surface area contributed by atoms with Crippen LogP contribution in [0, 0.1) is 12.3 Å². The fraction of sp³-hybridized carbons (Fsp3) is 0.0476. The van der Waals surface area contributed by atoms with Gasteiger partial charge in [-0.15, -0.1) is 23.4 Å². The van der Waals surface area contributed by atoms with E-state index in [1.54, 1.807) is 0 Å². The molecular formula is C21H19BrP+. The van der Waals surface area contributed by atoms with Crippen LogP contribution < -0.4 is 15.9 Å². The molecule has 0 saturated heterocycles. The largest absolute Gasteiger partial charge is 0.133 e. The van der Waals surface area contributed by atoms with Crippen molar-refractivity contribution in [3.8, 4) is 12.3 Å². The second kappa shape index (κ2) is 8.11. The van der Waals surface area contributed by atoms with Gasteiger partial charge in [0, 0.05) is 0 Å². The van der Waals surface area contributed by atoms with E-state index in [0.29, 0.717) is 0 Å². The third-order valence-electron chi connectivity index (χ3n) is 3.92. The van der Waals surface area contributed by atoms with Crippen LogP contribution in [-0.2, 0) is 0 Å². The van der Waals surface area contributed by atoms with Crippen molar-refractivity contribution in [3.05, 3.63) is 91.0 Å². The van der Waals surface area contributed by atoms with Gasteiger partial charge in [0.25, 0.3) is 0 Å². The van der Waals surface area contributed by atoms with Gasteiger partial charge >= 0.3 is 0 Å². The molecule has 0 bridgehead atoms. The normalized spacial score (nSPS) is 10.4. The molecule has 0 saturated carbocycles. The summed E-state index contributed by atoms with van der Waals surface area (Å²) in [5, 5.41) is 4.01. The summed E-state index contributed by atoms with van der Waals surface area (Å²) in [6, 6.07) is 32.1. The molecule has 0 aliphatic carbocycles. The molecule has 0 atom stereocenters. The summed E-state index contributed by atoms with van der Waals surface area (Å²) < 4.78 is 0. The Kier molecular flexibility index (Phi) is 6.17. The van der Waals surface area contributed by atoms with Crippen molar-refractivity contribution in [1.29, 1.82) is 0 Å². The van der Waals surface area contributed by atoms with Crippen LogP contribution >= 0.6 is 24.2 Å². The molecule has 3 aromatic carbocycles. The van der Waals surface area contributed by atoms with E-state index in [9.17, 15) is 0 Å². The number of rotatable bonds is 4. The molecule has 0 unspecified atom stereocenters. The number of terminal acetylenes is 1. The lowest BCUT2D eigenvalue weighted by Crippen LogP contribution is -2.32. The highest BCUT2D eigenvalue weighted by molar-refractivity contribution is 8.93. The van der Waals surface area contributed by atoms with E-state index in [2.05, 4.69) is 96.9 Å². The minimum Gasteiger partial charge on any atom is -0.116 e. The van der Waals surface area contributed by atoms with Crippen LogP contribution in [0.1, 0.15) is 0 Å². The van der Waals surface area contributed by atoms with Crippen molar-refractivity contribution in [2.24, 2.45) is 0 Å². The molecular weight excluding hydrogens is 363 g/mol.